The Morgan fingerprint density at radius 3 is 2.87 bits per heavy atom. The van der Waals surface area contributed by atoms with Crippen molar-refractivity contribution in [3.8, 4) is 5.75 Å². The first-order valence-corrected chi connectivity index (χ1v) is 8.32. The average Bonchev–Trinajstić information content (AvgIpc) is 3.05. The van der Waals surface area contributed by atoms with Crippen LogP contribution in [0.5, 0.6) is 5.75 Å². The molecule has 2 aliphatic rings. The van der Waals surface area contributed by atoms with Gasteiger partial charge >= 0.3 is 0 Å². The zero-order valence-corrected chi connectivity index (χ0v) is 13.6. The van der Waals surface area contributed by atoms with Crippen LogP contribution in [0, 0.1) is 5.92 Å². The molecule has 2 amide bonds. The van der Waals surface area contributed by atoms with Gasteiger partial charge in [-0.2, -0.15) is 0 Å². The molecule has 23 heavy (non-hydrogen) atoms. The molecule has 1 aliphatic heterocycles. The Bertz CT molecular complexity index is 614. The van der Waals surface area contributed by atoms with Crippen LogP contribution in [-0.4, -0.2) is 36.9 Å². The van der Waals surface area contributed by atoms with Gasteiger partial charge in [0.25, 0.3) is 0 Å². The molecule has 124 valence electrons. The van der Waals surface area contributed by atoms with Gasteiger partial charge < -0.3 is 15.4 Å². The zero-order chi connectivity index (χ0) is 16.4. The average molecular weight is 316 g/mol. The van der Waals surface area contributed by atoms with Crippen LogP contribution in [0.25, 0.3) is 0 Å². The van der Waals surface area contributed by atoms with Crippen molar-refractivity contribution in [2.24, 2.45) is 11.7 Å². The van der Waals surface area contributed by atoms with Crippen molar-refractivity contribution in [1.29, 1.82) is 0 Å². The normalized spacial score (nSPS) is 23.4. The Morgan fingerprint density at radius 2 is 2.17 bits per heavy atom. The number of fused-ring (bicyclic) bond motifs is 1. The number of ether oxygens (including phenoxy) is 1. The van der Waals surface area contributed by atoms with Gasteiger partial charge in [0.1, 0.15) is 5.75 Å². The van der Waals surface area contributed by atoms with Crippen LogP contribution >= 0.6 is 0 Å². The quantitative estimate of drug-likeness (QED) is 0.921. The second kappa shape index (κ2) is 6.60. The van der Waals surface area contributed by atoms with Gasteiger partial charge in [-0.1, -0.05) is 6.07 Å². The van der Waals surface area contributed by atoms with Crippen LogP contribution in [0.2, 0.25) is 0 Å². The monoisotopic (exact) mass is 316 g/mol. The SMILES string of the molecule is COc1ccc2c(c1)CCC[C@@H]2CC(=O)N1CC[C@H](C(N)=O)C1. The Hall–Kier alpha value is -2.04. The van der Waals surface area contributed by atoms with Crippen molar-refractivity contribution >= 4 is 11.8 Å². The topological polar surface area (TPSA) is 72.6 Å². The van der Waals surface area contributed by atoms with Gasteiger partial charge in [0.05, 0.1) is 13.0 Å². The van der Waals surface area contributed by atoms with Crippen LogP contribution < -0.4 is 10.5 Å². The summed E-state index contributed by atoms with van der Waals surface area (Å²) < 4.78 is 5.29. The highest BCUT2D eigenvalue weighted by Gasteiger charge is 2.31. The third-order valence-electron chi connectivity index (χ3n) is 5.15. The summed E-state index contributed by atoms with van der Waals surface area (Å²) in [5.74, 6) is 0.809. The first kappa shape index (κ1) is 15.8. The van der Waals surface area contributed by atoms with Crippen LogP contribution in [0.4, 0.5) is 0 Å². The standard InChI is InChI=1S/C18H24N2O3/c1-23-15-5-6-16-12(9-15)3-2-4-13(16)10-17(21)20-8-7-14(11-20)18(19)22/h5-6,9,13-14H,2-4,7-8,10-11H2,1H3,(H2,19,22)/t13-,14+/m1/s1. The van der Waals surface area contributed by atoms with Gasteiger partial charge in [0, 0.05) is 19.5 Å². The van der Waals surface area contributed by atoms with Gasteiger partial charge in [0.2, 0.25) is 11.8 Å². The molecule has 5 nitrogen and oxygen atoms in total. The van der Waals surface area contributed by atoms with Crippen molar-refractivity contribution < 1.29 is 14.3 Å². The minimum absolute atomic E-state index is 0.141. The predicted molar refractivity (Wildman–Crippen MR) is 87.2 cm³/mol. The molecule has 0 radical (unpaired) electrons. The van der Waals surface area contributed by atoms with E-state index in [9.17, 15) is 9.59 Å². The first-order chi connectivity index (χ1) is 11.1. The molecule has 1 aliphatic carbocycles. The number of amides is 2. The Kier molecular flexibility index (Phi) is 4.55. The third-order valence-corrected chi connectivity index (χ3v) is 5.15. The fourth-order valence-electron chi connectivity index (χ4n) is 3.79. The van der Waals surface area contributed by atoms with Crippen LogP contribution in [-0.2, 0) is 16.0 Å². The highest BCUT2D eigenvalue weighted by atomic mass is 16.5. The molecule has 0 bridgehead atoms. The van der Waals surface area contributed by atoms with Crippen LogP contribution in [0.1, 0.15) is 42.7 Å². The summed E-state index contributed by atoms with van der Waals surface area (Å²) in [4.78, 5) is 25.6. The summed E-state index contributed by atoms with van der Waals surface area (Å²) in [5.41, 5.74) is 7.92. The molecule has 1 aromatic carbocycles. The van der Waals surface area contributed by atoms with E-state index in [1.165, 1.54) is 11.1 Å². The van der Waals surface area contributed by atoms with Gasteiger partial charge in [-0.3, -0.25) is 9.59 Å². The minimum atomic E-state index is -0.296. The molecule has 2 N–H and O–H groups in total. The molecule has 1 saturated heterocycles. The van der Waals surface area contributed by atoms with E-state index in [4.69, 9.17) is 10.5 Å². The highest BCUT2D eigenvalue weighted by Crippen LogP contribution is 2.36. The number of methoxy groups -OCH3 is 1. The largest absolute Gasteiger partial charge is 0.497 e. The van der Waals surface area contributed by atoms with E-state index in [-0.39, 0.29) is 23.7 Å². The molecule has 1 fully saturated rings. The lowest BCUT2D eigenvalue weighted by molar-refractivity contribution is -0.131. The number of carbonyl (C=O) groups excluding carboxylic acids is 2. The van der Waals surface area contributed by atoms with E-state index in [0.29, 0.717) is 25.9 Å². The maximum absolute atomic E-state index is 12.6. The Balaban J connectivity index is 1.68. The summed E-state index contributed by atoms with van der Waals surface area (Å²) in [6, 6.07) is 6.16. The number of carbonyl (C=O) groups is 2. The molecule has 0 aromatic heterocycles. The minimum Gasteiger partial charge on any atom is -0.497 e. The number of hydrogen-bond donors (Lipinski definition) is 1. The van der Waals surface area contributed by atoms with E-state index < -0.39 is 0 Å². The molecular formula is C18H24N2O3. The van der Waals surface area contributed by atoms with Gasteiger partial charge in [-0.15, -0.1) is 0 Å². The molecule has 3 rings (SSSR count). The number of primary amides is 1. The maximum Gasteiger partial charge on any atom is 0.223 e. The molecule has 0 unspecified atom stereocenters. The fraction of sp³-hybridized carbons (Fsp3) is 0.556. The van der Waals surface area contributed by atoms with Gasteiger partial charge in [-0.25, -0.2) is 0 Å². The predicted octanol–water partition coefficient (Wildman–Crippen LogP) is 1.84. The van der Waals surface area contributed by atoms with E-state index in [1.807, 2.05) is 6.07 Å². The molecular weight excluding hydrogens is 292 g/mol. The van der Waals surface area contributed by atoms with E-state index >= 15 is 0 Å². The molecule has 0 saturated carbocycles. The molecule has 0 spiro atoms. The summed E-state index contributed by atoms with van der Waals surface area (Å²) in [7, 11) is 1.67. The number of rotatable bonds is 4. The summed E-state index contributed by atoms with van der Waals surface area (Å²) in [5, 5.41) is 0. The number of likely N-dealkylation sites (tertiary alicyclic amines) is 1. The van der Waals surface area contributed by atoms with Crippen molar-refractivity contribution in [2.75, 3.05) is 20.2 Å². The molecule has 2 atom stereocenters. The van der Waals surface area contributed by atoms with E-state index in [0.717, 1.165) is 25.0 Å². The van der Waals surface area contributed by atoms with E-state index in [2.05, 4.69) is 12.1 Å². The summed E-state index contributed by atoms with van der Waals surface area (Å²) >= 11 is 0. The lowest BCUT2D eigenvalue weighted by atomic mass is 9.80. The Morgan fingerprint density at radius 1 is 1.35 bits per heavy atom. The summed E-state index contributed by atoms with van der Waals surface area (Å²) in [6.45, 7) is 1.13. The zero-order valence-electron chi connectivity index (χ0n) is 13.6. The molecule has 5 heteroatoms. The number of nitrogens with zero attached hydrogens (tertiary/aromatic N) is 1. The van der Waals surface area contributed by atoms with Crippen molar-refractivity contribution in [2.45, 2.75) is 38.0 Å². The second-order valence-corrected chi connectivity index (χ2v) is 6.59. The summed E-state index contributed by atoms with van der Waals surface area (Å²) in [6.07, 6.45) is 4.40. The highest BCUT2D eigenvalue weighted by molar-refractivity contribution is 5.81. The lowest BCUT2D eigenvalue weighted by Gasteiger charge is -2.27. The maximum atomic E-state index is 12.6. The van der Waals surface area contributed by atoms with Crippen LogP contribution in [0.3, 0.4) is 0 Å². The Labute approximate surface area is 136 Å². The van der Waals surface area contributed by atoms with Crippen LogP contribution in [0.15, 0.2) is 18.2 Å². The van der Waals surface area contributed by atoms with Gasteiger partial charge in [-0.05, 0) is 54.9 Å². The first-order valence-electron chi connectivity index (χ1n) is 8.32. The smallest absolute Gasteiger partial charge is 0.223 e. The molecule has 1 aromatic rings. The van der Waals surface area contributed by atoms with E-state index in [1.54, 1.807) is 12.0 Å². The lowest BCUT2D eigenvalue weighted by Crippen LogP contribution is -2.32. The van der Waals surface area contributed by atoms with Crippen molar-refractivity contribution in [3.05, 3.63) is 29.3 Å². The third kappa shape index (κ3) is 3.33. The fourth-order valence-corrected chi connectivity index (χ4v) is 3.79. The second-order valence-electron chi connectivity index (χ2n) is 6.59. The van der Waals surface area contributed by atoms with Gasteiger partial charge in [0.15, 0.2) is 0 Å². The number of nitrogens with two attached hydrogens (primary N) is 1. The molecule has 1 heterocycles. The number of hydrogen-bond acceptors (Lipinski definition) is 3. The van der Waals surface area contributed by atoms with Crippen molar-refractivity contribution in [1.82, 2.24) is 4.90 Å². The number of benzene rings is 1. The van der Waals surface area contributed by atoms with Crippen molar-refractivity contribution in [3.63, 3.8) is 0 Å². The number of aryl methyl sites for hydroxylation is 1.